The molecule has 0 spiro atoms. The zero-order valence-corrected chi connectivity index (χ0v) is 11.2. The number of ether oxygens (including phenoxy) is 2. The summed E-state index contributed by atoms with van der Waals surface area (Å²) in [6, 6.07) is 8.30. The molecule has 6 heteroatoms. The summed E-state index contributed by atoms with van der Waals surface area (Å²) in [7, 11) is 3.08. The fraction of sp³-hybridized carbons (Fsp3) is 0.143. The van der Waals surface area contributed by atoms with Crippen LogP contribution in [0.5, 0.6) is 11.5 Å². The van der Waals surface area contributed by atoms with E-state index in [0.29, 0.717) is 22.9 Å². The molecule has 104 valence electrons. The predicted octanol–water partition coefficient (Wildman–Crippen LogP) is 1.93. The van der Waals surface area contributed by atoms with Crippen molar-refractivity contribution in [2.24, 2.45) is 0 Å². The first-order valence-electron chi connectivity index (χ1n) is 5.89. The van der Waals surface area contributed by atoms with Crippen LogP contribution in [0.3, 0.4) is 0 Å². The van der Waals surface area contributed by atoms with E-state index in [9.17, 15) is 4.79 Å². The Morgan fingerprint density at radius 3 is 2.60 bits per heavy atom. The van der Waals surface area contributed by atoms with E-state index in [0.717, 1.165) is 0 Å². The molecule has 6 nitrogen and oxygen atoms in total. The summed E-state index contributed by atoms with van der Waals surface area (Å²) in [5.74, 6) is 0.803. The van der Waals surface area contributed by atoms with Crippen molar-refractivity contribution in [3.63, 3.8) is 0 Å². The fourth-order valence-electron chi connectivity index (χ4n) is 1.64. The molecular weight excluding hydrogens is 258 g/mol. The van der Waals surface area contributed by atoms with E-state index in [1.165, 1.54) is 13.3 Å². The number of nitrogens with two attached hydrogens (primary N) is 1. The van der Waals surface area contributed by atoms with Crippen molar-refractivity contribution in [1.82, 2.24) is 4.98 Å². The minimum absolute atomic E-state index is 0.268. The van der Waals surface area contributed by atoms with Crippen LogP contribution in [0.25, 0.3) is 0 Å². The van der Waals surface area contributed by atoms with Gasteiger partial charge in [0.2, 0.25) is 0 Å². The molecule has 1 heterocycles. The van der Waals surface area contributed by atoms with Crippen molar-refractivity contribution >= 4 is 17.3 Å². The second kappa shape index (κ2) is 5.92. The van der Waals surface area contributed by atoms with Crippen LogP contribution in [0, 0.1) is 0 Å². The van der Waals surface area contributed by atoms with Gasteiger partial charge in [0.15, 0.2) is 0 Å². The summed E-state index contributed by atoms with van der Waals surface area (Å²) in [4.78, 5) is 16.0. The molecule has 1 aromatic carbocycles. The Labute approximate surface area is 116 Å². The molecule has 0 saturated carbocycles. The molecule has 0 aliphatic heterocycles. The number of carbonyl (C=O) groups excluding carboxylic acids is 1. The standard InChI is InChI=1S/C14H15N3O3/c1-19-10-4-6-13(20-2)12(7-10)17-14(18)11-5-3-9(15)8-16-11/h3-8H,15H2,1-2H3,(H,17,18). The topological polar surface area (TPSA) is 86.5 Å². The first-order chi connectivity index (χ1) is 9.63. The molecular formula is C14H15N3O3. The first-order valence-corrected chi connectivity index (χ1v) is 5.89. The molecule has 2 rings (SSSR count). The minimum atomic E-state index is -0.350. The Kier molecular flexibility index (Phi) is 4.05. The zero-order valence-electron chi connectivity index (χ0n) is 11.2. The smallest absolute Gasteiger partial charge is 0.274 e. The molecule has 0 atom stereocenters. The Hall–Kier alpha value is -2.76. The molecule has 20 heavy (non-hydrogen) atoms. The lowest BCUT2D eigenvalue weighted by Crippen LogP contribution is -2.14. The largest absolute Gasteiger partial charge is 0.497 e. The molecule has 0 radical (unpaired) electrons. The van der Waals surface area contributed by atoms with E-state index in [1.54, 1.807) is 37.4 Å². The maximum atomic E-state index is 12.1. The predicted molar refractivity (Wildman–Crippen MR) is 76.1 cm³/mol. The van der Waals surface area contributed by atoms with Gasteiger partial charge in [0.05, 0.1) is 31.8 Å². The van der Waals surface area contributed by atoms with Gasteiger partial charge in [-0.15, -0.1) is 0 Å². The summed E-state index contributed by atoms with van der Waals surface area (Å²) in [6.07, 6.45) is 1.43. The number of nitrogen functional groups attached to an aromatic ring is 1. The summed E-state index contributed by atoms with van der Waals surface area (Å²) in [5, 5.41) is 2.72. The van der Waals surface area contributed by atoms with Gasteiger partial charge in [-0.3, -0.25) is 4.79 Å². The van der Waals surface area contributed by atoms with Gasteiger partial charge in [0.25, 0.3) is 5.91 Å². The van der Waals surface area contributed by atoms with Gasteiger partial charge in [0, 0.05) is 6.07 Å². The highest BCUT2D eigenvalue weighted by atomic mass is 16.5. The number of carbonyl (C=O) groups is 1. The summed E-state index contributed by atoms with van der Waals surface area (Å²) in [5.41, 5.74) is 6.81. The summed E-state index contributed by atoms with van der Waals surface area (Å²) in [6.45, 7) is 0. The zero-order chi connectivity index (χ0) is 14.5. The first kappa shape index (κ1) is 13.7. The molecule has 1 aromatic heterocycles. The average Bonchev–Trinajstić information content (AvgIpc) is 2.47. The fourth-order valence-corrected chi connectivity index (χ4v) is 1.64. The van der Waals surface area contributed by atoms with Crippen molar-refractivity contribution in [3.8, 4) is 11.5 Å². The second-order valence-corrected chi connectivity index (χ2v) is 4.00. The van der Waals surface area contributed by atoms with Gasteiger partial charge in [0.1, 0.15) is 17.2 Å². The van der Waals surface area contributed by atoms with Gasteiger partial charge in [-0.2, -0.15) is 0 Å². The number of pyridine rings is 1. The third-order valence-corrected chi connectivity index (χ3v) is 2.67. The van der Waals surface area contributed by atoms with E-state index >= 15 is 0 Å². The van der Waals surface area contributed by atoms with E-state index in [4.69, 9.17) is 15.2 Å². The number of methoxy groups -OCH3 is 2. The molecule has 0 saturated heterocycles. The minimum Gasteiger partial charge on any atom is -0.497 e. The Bertz CT molecular complexity index is 612. The van der Waals surface area contributed by atoms with Crippen molar-refractivity contribution in [3.05, 3.63) is 42.2 Å². The van der Waals surface area contributed by atoms with Gasteiger partial charge < -0.3 is 20.5 Å². The van der Waals surface area contributed by atoms with E-state index in [1.807, 2.05) is 0 Å². The Morgan fingerprint density at radius 1 is 1.20 bits per heavy atom. The summed E-state index contributed by atoms with van der Waals surface area (Å²) >= 11 is 0. The lowest BCUT2D eigenvalue weighted by Gasteiger charge is -2.11. The van der Waals surface area contributed by atoms with Crippen molar-refractivity contribution in [2.75, 3.05) is 25.3 Å². The highest BCUT2D eigenvalue weighted by Crippen LogP contribution is 2.29. The number of aromatic nitrogens is 1. The monoisotopic (exact) mass is 273 g/mol. The van der Waals surface area contributed by atoms with Crippen LogP contribution in [0.2, 0.25) is 0 Å². The van der Waals surface area contributed by atoms with Crippen molar-refractivity contribution in [2.45, 2.75) is 0 Å². The lowest BCUT2D eigenvalue weighted by molar-refractivity contribution is 0.102. The highest BCUT2D eigenvalue weighted by molar-refractivity contribution is 6.03. The number of hydrogen-bond acceptors (Lipinski definition) is 5. The highest BCUT2D eigenvalue weighted by Gasteiger charge is 2.11. The number of anilines is 2. The third-order valence-electron chi connectivity index (χ3n) is 2.67. The number of rotatable bonds is 4. The second-order valence-electron chi connectivity index (χ2n) is 4.00. The van der Waals surface area contributed by atoms with Crippen LogP contribution in [-0.4, -0.2) is 25.1 Å². The SMILES string of the molecule is COc1ccc(OC)c(NC(=O)c2ccc(N)cn2)c1. The van der Waals surface area contributed by atoms with Gasteiger partial charge in [-0.25, -0.2) is 4.98 Å². The van der Waals surface area contributed by atoms with Crippen LogP contribution in [0.1, 0.15) is 10.5 Å². The van der Waals surface area contributed by atoms with Gasteiger partial charge in [-0.1, -0.05) is 0 Å². The quantitative estimate of drug-likeness (QED) is 0.889. The molecule has 2 aromatic rings. The molecule has 0 unspecified atom stereocenters. The maximum Gasteiger partial charge on any atom is 0.274 e. The van der Waals surface area contributed by atoms with Crippen molar-refractivity contribution in [1.29, 1.82) is 0 Å². The van der Waals surface area contributed by atoms with Crippen LogP contribution >= 0.6 is 0 Å². The molecule has 0 bridgehead atoms. The Morgan fingerprint density at radius 2 is 2.00 bits per heavy atom. The van der Waals surface area contributed by atoms with Crippen LogP contribution < -0.4 is 20.5 Å². The maximum absolute atomic E-state index is 12.1. The summed E-state index contributed by atoms with van der Waals surface area (Å²) < 4.78 is 10.3. The number of nitrogens with one attached hydrogen (secondary N) is 1. The van der Waals surface area contributed by atoms with Crippen LogP contribution in [0.15, 0.2) is 36.5 Å². The number of benzene rings is 1. The van der Waals surface area contributed by atoms with Gasteiger partial charge >= 0.3 is 0 Å². The van der Waals surface area contributed by atoms with E-state index in [2.05, 4.69) is 10.3 Å². The third kappa shape index (κ3) is 2.97. The molecule has 1 amide bonds. The normalized spacial score (nSPS) is 9.90. The average molecular weight is 273 g/mol. The van der Waals surface area contributed by atoms with Gasteiger partial charge in [-0.05, 0) is 24.3 Å². The molecule has 0 fully saturated rings. The number of nitrogens with zero attached hydrogens (tertiary/aromatic N) is 1. The van der Waals surface area contributed by atoms with E-state index in [-0.39, 0.29) is 11.6 Å². The van der Waals surface area contributed by atoms with E-state index < -0.39 is 0 Å². The van der Waals surface area contributed by atoms with Crippen LogP contribution in [-0.2, 0) is 0 Å². The lowest BCUT2D eigenvalue weighted by atomic mass is 10.2. The van der Waals surface area contributed by atoms with Crippen molar-refractivity contribution < 1.29 is 14.3 Å². The molecule has 3 N–H and O–H groups in total. The number of amides is 1. The number of hydrogen-bond donors (Lipinski definition) is 2. The Balaban J connectivity index is 2.24. The van der Waals surface area contributed by atoms with Crippen LogP contribution in [0.4, 0.5) is 11.4 Å². The molecule has 0 aliphatic rings. The molecule has 0 aliphatic carbocycles.